The van der Waals surface area contributed by atoms with Crippen LogP contribution in [0, 0.1) is 0 Å². The number of nitrogens with two attached hydrogens (primary N) is 1. The van der Waals surface area contributed by atoms with Gasteiger partial charge in [-0.3, -0.25) is 4.79 Å². The van der Waals surface area contributed by atoms with Gasteiger partial charge in [0.15, 0.2) is 0 Å². The van der Waals surface area contributed by atoms with E-state index in [1.54, 1.807) is 30.3 Å². The van der Waals surface area contributed by atoms with Gasteiger partial charge >= 0.3 is 0 Å². The van der Waals surface area contributed by atoms with Crippen molar-refractivity contribution < 1.29 is 9.90 Å². The number of phenolic OH excluding ortho intramolecular Hbond substituents is 1. The molecule has 0 aromatic heterocycles. The summed E-state index contributed by atoms with van der Waals surface area (Å²) in [5.41, 5.74) is 9.58. The first-order valence-electron chi connectivity index (χ1n) is 5.85. The van der Waals surface area contributed by atoms with E-state index in [2.05, 4.69) is 42.4 Å². The van der Waals surface area contributed by atoms with Crippen LogP contribution in [0.2, 0.25) is 0 Å². The van der Waals surface area contributed by atoms with Gasteiger partial charge in [0.25, 0.3) is 5.91 Å². The van der Waals surface area contributed by atoms with Crippen LogP contribution < -0.4 is 11.2 Å². The normalized spacial score (nSPS) is 10.8. The van der Waals surface area contributed by atoms with Gasteiger partial charge < -0.3 is 10.8 Å². The Morgan fingerprint density at radius 2 is 1.86 bits per heavy atom. The third kappa shape index (κ3) is 3.83. The molecular weight excluding hydrogens is 402 g/mol. The second-order valence-corrected chi connectivity index (χ2v) is 5.82. The Morgan fingerprint density at radius 3 is 2.48 bits per heavy atom. The molecule has 0 aliphatic heterocycles. The Kier molecular flexibility index (Phi) is 4.98. The molecule has 2 aromatic rings. The monoisotopic (exact) mass is 411 g/mol. The number of para-hydroxylation sites is 1. The van der Waals surface area contributed by atoms with Gasteiger partial charge in [0, 0.05) is 20.1 Å². The van der Waals surface area contributed by atoms with E-state index < -0.39 is 0 Å². The smallest absolute Gasteiger partial charge is 0.271 e. The van der Waals surface area contributed by atoms with E-state index in [0.29, 0.717) is 25.8 Å². The molecule has 0 aliphatic carbocycles. The molecule has 0 saturated carbocycles. The predicted octanol–water partition coefficient (Wildman–Crippen LogP) is 3.26. The summed E-state index contributed by atoms with van der Waals surface area (Å²) in [4.78, 5) is 12.0. The molecule has 0 saturated heterocycles. The van der Waals surface area contributed by atoms with Crippen LogP contribution in [0.5, 0.6) is 5.75 Å². The summed E-state index contributed by atoms with van der Waals surface area (Å²) >= 11 is 6.55. The lowest BCUT2D eigenvalue weighted by molar-refractivity contribution is 0.0955. The largest absolute Gasteiger partial charge is 0.507 e. The van der Waals surface area contributed by atoms with Crippen molar-refractivity contribution in [3.8, 4) is 5.75 Å². The molecule has 0 unspecified atom stereocenters. The average Bonchev–Trinajstić information content (AvgIpc) is 2.46. The van der Waals surface area contributed by atoms with Crippen molar-refractivity contribution in [3.05, 3.63) is 56.5 Å². The quantitative estimate of drug-likeness (QED) is 0.410. The highest BCUT2D eigenvalue weighted by atomic mass is 79.9. The lowest BCUT2D eigenvalue weighted by Gasteiger charge is -2.05. The third-order valence-electron chi connectivity index (χ3n) is 2.65. The van der Waals surface area contributed by atoms with Crippen molar-refractivity contribution in [1.82, 2.24) is 5.43 Å². The van der Waals surface area contributed by atoms with E-state index in [1.807, 2.05) is 0 Å². The van der Waals surface area contributed by atoms with Gasteiger partial charge in [-0.15, -0.1) is 0 Å². The van der Waals surface area contributed by atoms with Crippen LogP contribution in [-0.2, 0) is 0 Å². The number of phenols is 1. The Hall–Kier alpha value is -1.86. The van der Waals surface area contributed by atoms with Crippen molar-refractivity contribution >= 4 is 49.7 Å². The molecule has 5 nitrogen and oxygen atoms in total. The molecule has 108 valence electrons. The minimum Gasteiger partial charge on any atom is -0.507 e. The van der Waals surface area contributed by atoms with Crippen LogP contribution in [0.4, 0.5) is 5.69 Å². The number of rotatable bonds is 3. The summed E-state index contributed by atoms with van der Waals surface area (Å²) < 4.78 is 1.23. The van der Waals surface area contributed by atoms with E-state index >= 15 is 0 Å². The lowest BCUT2D eigenvalue weighted by Crippen LogP contribution is -2.17. The van der Waals surface area contributed by atoms with Crippen molar-refractivity contribution in [3.63, 3.8) is 0 Å². The first-order chi connectivity index (χ1) is 9.99. The molecule has 0 heterocycles. The van der Waals surface area contributed by atoms with Gasteiger partial charge in [-0.2, -0.15) is 5.10 Å². The fourth-order valence-electron chi connectivity index (χ4n) is 1.54. The molecular formula is C14H11Br2N3O2. The summed E-state index contributed by atoms with van der Waals surface area (Å²) in [7, 11) is 0. The number of nitrogens with one attached hydrogen (secondary N) is 1. The van der Waals surface area contributed by atoms with Gasteiger partial charge in [0.2, 0.25) is 0 Å². The molecule has 2 rings (SSSR count). The lowest BCUT2D eigenvalue weighted by atomic mass is 10.2. The molecule has 7 heteroatoms. The molecule has 21 heavy (non-hydrogen) atoms. The maximum Gasteiger partial charge on any atom is 0.271 e. The van der Waals surface area contributed by atoms with Crippen LogP contribution in [-0.4, -0.2) is 17.2 Å². The molecule has 1 amide bonds. The number of hydrogen-bond donors (Lipinski definition) is 3. The topological polar surface area (TPSA) is 87.7 Å². The standard InChI is InChI=1S/C14H11Br2N3O2/c15-10-5-9(6-11(16)13(10)17)14(21)19-18-7-8-3-1-2-4-12(8)20/h1-7,20H,17H2,(H,19,21)/b18-7+. The Bertz CT molecular complexity index is 694. The van der Waals surface area contributed by atoms with Crippen LogP contribution in [0.25, 0.3) is 0 Å². The molecule has 0 aliphatic rings. The summed E-state index contributed by atoms with van der Waals surface area (Å²) in [6.07, 6.45) is 1.37. The van der Waals surface area contributed by atoms with E-state index in [0.717, 1.165) is 0 Å². The van der Waals surface area contributed by atoms with E-state index in [-0.39, 0.29) is 11.7 Å². The number of hydrogen-bond acceptors (Lipinski definition) is 4. The summed E-state index contributed by atoms with van der Waals surface area (Å²) in [5, 5.41) is 13.4. The van der Waals surface area contributed by atoms with Crippen LogP contribution >= 0.6 is 31.9 Å². The number of benzene rings is 2. The van der Waals surface area contributed by atoms with Crippen molar-refractivity contribution in [2.75, 3.05) is 5.73 Å². The van der Waals surface area contributed by atoms with Crippen LogP contribution in [0.3, 0.4) is 0 Å². The fraction of sp³-hybridized carbons (Fsp3) is 0. The molecule has 2 aromatic carbocycles. The molecule has 0 bridgehead atoms. The van der Waals surface area contributed by atoms with Crippen LogP contribution in [0.15, 0.2) is 50.4 Å². The van der Waals surface area contributed by atoms with Crippen LogP contribution in [0.1, 0.15) is 15.9 Å². The zero-order chi connectivity index (χ0) is 15.4. The molecule has 0 spiro atoms. The number of hydrazone groups is 1. The van der Waals surface area contributed by atoms with Crippen molar-refractivity contribution in [2.45, 2.75) is 0 Å². The number of carbonyl (C=O) groups is 1. The second kappa shape index (κ2) is 6.73. The zero-order valence-corrected chi connectivity index (χ0v) is 13.8. The fourth-order valence-corrected chi connectivity index (χ4v) is 2.72. The maximum absolute atomic E-state index is 12.0. The molecule has 0 radical (unpaired) electrons. The third-order valence-corrected chi connectivity index (χ3v) is 3.96. The first kappa shape index (κ1) is 15.5. The minimum atomic E-state index is -0.386. The Morgan fingerprint density at radius 1 is 1.24 bits per heavy atom. The predicted molar refractivity (Wildman–Crippen MR) is 89.4 cm³/mol. The van der Waals surface area contributed by atoms with Gasteiger partial charge in [0.05, 0.1) is 11.9 Å². The molecule has 0 fully saturated rings. The summed E-state index contributed by atoms with van der Waals surface area (Å²) in [6, 6.07) is 9.89. The number of nitrogen functional groups attached to an aromatic ring is 1. The van der Waals surface area contributed by atoms with Crippen molar-refractivity contribution in [2.24, 2.45) is 5.10 Å². The van der Waals surface area contributed by atoms with Crippen molar-refractivity contribution in [1.29, 1.82) is 0 Å². The van der Waals surface area contributed by atoms with E-state index in [4.69, 9.17) is 5.73 Å². The first-order valence-corrected chi connectivity index (χ1v) is 7.43. The Balaban J connectivity index is 2.11. The Labute approximate surface area is 138 Å². The maximum atomic E-state index is 12.0. The number of aromatic hydroxyl groups is 1. The highest BCUT2D eigenvalue weighted by Crippen LogP contribution is 2.29. The second-order valence-electron chi connectivity index (χ2n) is 4.11. The number of anilines is 1. The van der Waals surface area contributed by atoms with E-state index in [1.165, 1.54) is 12.3 Å². The minimum absolute atomic E-state index is 0.0912. The average molecular weight is 413 g/mol. The number of nitrogens with zero attached hydrogens (tertiary/aromatic N) is 1. The highest BCUT2D eigenvalue weighted by molar-refractivity contribution is 9.11. The van der Waals surface area contributed by atoms with Gasteiger partial charge in [0.1, 0.15) is 5.75 Å². The van der Waals surface area contributed by atoms with Gasteiger partial charge in [-0.25, -0.2) is 5.43 Å². The summed E-state index contributed by atoms with van der Waals surface area (Å²) in [6.45, 7) is 0. The zero-order valence-electron chi connectivity index (χ0n) is 10.7. The SMILES string of the molecule is Nc1c(Br)cc(C(=O)N/N=C/c2ccccc2O)cc1Br. The van der Waals surface area contributed by atoms with Gasteiger partial charge in [-0.05, 0) is 56.1 Å². The number of amides is 1. The van der Waals surface area contributed by atoms with E-state index in [9.17, 15) is 9.90 Å². The number of halogens is 2. The molecule has 4 N–H and O–H groups in total. The number of carbonyl (C=O) groups excluding carboxylic acids is 1. The summed E-state index contributed by atoms with van der Waals surface area (Å²) in [5.74, 6) is -0.295. The van der Waals surface area contributed by atoms with Gasteiger partial charge in [-0.1, -0.05) is 12.1 Å². The highest BCUT2D eigenvalue weighted by Gasteiger charge is 2.10. The molecule has 0 atom stereocenters.